The van der Waals surface area contributed by atoms with Gasteiger partial charge in [-0.25, -0.2) is 9.97 Å². The van der Waals surface area contributed by atoms with E-state index in [-0.39, 0.29) is 0 Å². The molecule has 12 rings (SSSR count). The van der Waals surface area contributed by atoms with Crippen LogP contribution in [0.25, 0.3) is 109 Å². The second-order valence-corrected chi connectivity index (χ2v) is 15.6. The molecule has 0 N–H and O–H groups in total. The molecule has 12 aromatic rings. The van der Waals surface area contributed by atoms with Crippen molar-refractivity contribution >= 4 is 97.6 Å². The first-order valence-electron chi connectivity index (χ1n) is 18.7. The van der Waals surface area contributed by atoms with E-state index >= 15 is 0 Å². The first kappa shape index (κ1) is 31.5. The molecule has 0 aliphatic rings. The van der Waals surface area contributed by atoms with Gasteiger partial charge in [0.2, 0.25) is 0 Å². The van der Waals surface area contributed by atoms with Crippen molar-refractivity contribution in [2.45, 2.75) is 0 Å². The molecule has 0 spiro atoms. The van der Waals surface area contributed by atoms with Crippen LogP contribution in [0.1, 0.15) is 0 Å². The molecule has 0 saturated carbocycles. The normalized spacial score (nSPS) is 12.0. The summed E-state index contributed by atoms with van der Waals surface area (Å²) in [6, 6.07) is 62.1. The molecule has 262 valence electrons. The lowest BCUT2D eigenvalue weighted by molar-refractivity contribution is 1.05. The standard InChI is InChI=1S/C50H29ClN4S/c51-48-50(52-43-40(31-17-4-1-5-18-31)44(32-19-6-2-7-20-32)54(49(43)53-48)33-21-8-3-9-22-33)55-39-27-15-14-26-37(39)41-35-24-12-13-25-36(35)42-38-29-28-30-16-10-11-23-34(30)46(38)56-47(42)45(41)55/h1-29H. The fraction of sp³-hybridized carbons (Fsp3) is 0. The molecule has 0 unspecified atom stereocenters. The summed E-state index contributed by atoms with van der Waals surface area (Å²) in [5.74, 6) is 0.603. The Morgan fingerprint density at radius 2 is 1.07 bits per heavy atom. The van der Waals surface area contributed by atoms with E-state index in [1.807, 2.05) is 17.4 Å². The Balaban J connectivity index is 1.29. The summed E-state index contributed by atoms with van der Waals surface area (Å²) in [4.78, 5) is 11.0. The molecule has 0 aliphatic heterocycles. The predicted octanol–water partition coefficient (Wildman–Crippen LogP) is 14.2. The SMILES string of the molecule is Clc1nc2c(nc1-n1c3ccccc3c3c4ccccc4c4c5ccc6ccccc6c5sc4c31)c(-c1ccccc1)c(-c1ccccc1)n2-c1ccccc1. The number of hydrogen-bond donors (Lipinski definition) is 0. The van der Waals surface area contributed by atoms with Crippen molar-refractivity contribution in [3.8, 4) is 33.9 Å². The Hall–Kier alpha value is -6.79. The molecule has 0 amide bonds. The molecule has 0 bridgehead atoms. The minimum Gasteiger partial charge on any atom is -0.292 e. The first-order valence-corrected chi connectivity index (χ1v) is 19.9. The molecular formula is C50H29ClN4S. The number of hydrogen-bond acceptors (Lipinski definition) is 3. The largest absolute Gasteiger partial charge is 0.292 e. The molecule has 0 fully saturated rings. The van der Waals surface area contributed by atoms with Gasteiger partial charge in [0.1, 0.15) is 5.52 Å². The van der Waals surface area contributed by atoms with Crippen molar-refractivity contribution in [1.82, 2.24) is 19.1 Å². The summed E-state index contributed by atoms with van der Waals surface area (Å²) in [6.07, 6.45) is 0. The molecule has 4 heterocycles. The van der Waals surface area contributed by atoms with E-state index in [1.54, 1.807) is 0 Å². The molecular weight excluding hydrogens is 724 g/mol. The second-order valence-electron chi connectivity index (χ2n) is 14.2. The maximum atomic E-state index is 7.53. The van der Waals surface area contributed by atoms with E-state index in [0.29, 0.717) is 16.6 Å². The summed E-state index contributed by atoms with van der Waals surface area (Å²) >= 11 is 9.38. The maximum Gasteiger partial charge on any atom is 0.176 e. The zero-order chi connectivity index (χ0) is 36.9. The van der Waals surface area contributed by atoms with Crippen LogP contribution < -0.4 is 0 Å². The predicted molar refractivity (Wildman–Crippen MR) is 237 cm³/mol. The van der Waals surface area contributed by atoms with E-state index in [0.717, 1.165) is 50.0 Å². The van der Waals surface area contributed by atoms with Crippen LogP contribution >= 0.6 is 22.9 Å². The molecule has 0 aliphatic carbocycles. The van der Waals surface area contributed by atoms with E-state index in [9.17, 15) is 0 Å². The highest BCUT2D eigenvalue weighted by Crippen LogP contribution is 2.50. The van der Waals surface area contributed by atoms with Crippen LogP contribution in [0, 0.1) is 0 Å². The lowest BCUT2D eigenvalue weighted by atomic mass is 9.98. The number of aromatic nitrogens is 4. The quantitative estimate of drug-likeness (QED) is 0.179. The number of thiophene rings is 1. The average Bonchev–Trinajstić information content (AvgIpc) is 3.93. The molecule has 56 heavy (non-hydrogen) atoms. The van der Waals surface area contributed by atoms with Crippen LogP contribution in [-0.4, -0.2) is 19.1 Å². The van der Waals surface area contributed by atoms with E-state index in [2.05, 4.69) is 179 Å². The number of fused-ring (bicyclic) bond motifs is 13. The van der Waals surface area contributed by atoms with E-state index < -0.39 is 0 Å². The number of nitrogens with zero attached hydrogens (tertiary/aromatic N) is 4. The summed E-state index contributed by atoms with van der Waals surface area (Å²) in [5, 5.41) is 10.1. The van der Waals surface area contributed by atoms with E-state index in [4.69, 9.17) is 21.6 Å². The Morgan fingerprint density at radius 3 is 1.82 bits per heavy atom. The highest BCUT2D eigenvalue weighted by Gasteiger charge is 2.28. The van der Waals surface area contributed by atoms with Gasteiger partial charge in [0, 0.05) is 37.5 Å². The molecule has 0 saturated heterocycles. The highest BCUT2D eigenvalue weighted by atomic mass is 35.5. The van der Waals surface area contributed by atoms with Gasteiger partial charge in [0.05, 0.1) is 21.4 Å². The zero-order valence-electron chi connectivity index (χ0n) is 29.8. The van der Waals surface area contributed by atoms with Gasteiger partial charge in [0.25, 0.3) is 0 Å². The third kappa shape index (κ3) is 4.41. The number of para-hydroxylation sites is 2. The summed E-state index contributed by atoms with van der Waals surface area (Å²) < 4.78 is 6.97. The van der Waals surface area contributed by atoms with Crippen LogP contribution in [0.2, 0.25) is 5.15 Å². The minimum atomic E-state index is 0.335. The lowest BCUT2D eigenvalue weighted by Gasteiger charge is -2.13. The van der Waals surface area contributed by atoms with Crippen LogP contribution in [0.4, 0.5) is 0 Å². The minimum absolute atomic E-state index is 0.335. The molecule has 4 nitrogen and oxygen atoms in total. The smallest absolute Gasteiger partial charge is 0.176 e. The van der Waals surface area contributed by atoms with Crippen molar-refractivity contribution in [3.05, 3.63) is 181 Å². The number of halogens is 1. The third-order valence-corrected chi connectivity index (χ3v) is 12.7. The molecule has 6 heteroatoms. The monoisotopic (exact) mass is 752 g/mol. The van der Waals surface area contributed by atoms with Crippen LogP contribution in [0.5, 0.6) is 0 Å². The number of rotatable bonds is 4. The Bertz CT molecular complexity index is 3530. The molecule has 0 atom stereocenters. The fourth-order valence-electron chi connectivity index (χ4n) is 8.90. The van der Waals surface area contributed by atoms with Crippen molar-refractivity contribution in [1.29, 1.82) is 0 Å². The van der Waals surface area contributed by atoms with Crippen molar-refractivity contribution in [2.24, 2.45) is 0 Å². The summed E-state index contributed by atoms with van der Waals surface area (Å²) in [7, 11) is 0. The highest BCUT2D eigenvalue weighted by molar-refractivity contribution is 7.27. The average molecular weight is 753 g/mol. The maximum absolute atomic E-state index is 7.53. The van der Waals surface area contributed by atoms with Gasteiger partial charge in [-0.2, -0.15) is 0 Å². The van der Waals surface area contributed by atoms with Gasteiger partial charge in [0.15, 0.2) is 16.6 Å². The van der Waals surface area contributed by atoms with Gasteiger partial charge in [-0.05, 0) is 50.9 Å². The van der Waals surface area contributed by atoms with Crippen LogP contribution in [0.15, 0.2) is 176 Å². The van der Waals surface area contributed by atoms with Crippen molar-refractivity contribution < 1.29 is 0 Å². The van der Waals surface area contributed by atoms with Gasteiger partial charge in [-0.15, -0.1) is 11.3 Å². The Morgan fingerprint density at radius 1 is 0.464 bits per heavy atom. The fourth-order valence-corrected chi connectivity index (χ4v) is 10.5. The van der Waals surface area contributed by atoms with Crippen LogP contribution in [0.3, 0.4) is 0 Å². The second kappa shape index (κ2) is 12.1. The Labute approximate surface area is 330 Å². The summed E-state index contributed by atoms with van der Waals surface area (Å²) in [5.41, 5.74) is 8.73. The van der Waals surface area contributed by atoms with Gasteiger partial charge in [-0.1, -0.05) is 169 Å². The first-order chi connectivity index (χ1) is 27.7. The van der Waals surface area contributed by atoms with E-state index in [1.165, 1.54) is 47.1 Å². The van der Waals surface area contributed by atoms with Gasteiger partial charge < -0.3 is 0 Å². The zero-order valence-corrected chi connectivity index (χ0v) is 31.4. The summed E-state index contributed by atoms with van der Waals surface area (Å²) in [6.45, 7) is 0. The van der Waals surface area contributed by atoms with Gasteiger partial charge in [-0.3, -0.25) is 9.13 Å². The van der Waals surface area contributed by atoms with Crippen molar-refractivity contribution in [3.63, 3.8) is 0 Å². The third-order valence-electron chi connectivity index (χ3n) is 11.2. The topological polar surface area (TPSA) is 35.6 Å². The molecule has 0 radical (unpaired) electrons. The van der Waals surface area contributed by atoms with Crippen LogP contribution in [-0.2, 0) is 0 Å². The molecule has 4 aromatic heterocycles. The van der Waals surface area contributed by atoms with Crippen molar-refractivity contribution in [2.75, 3.05) is 0 Å². The lowest BCUT2D eigenvalue weighted by Crippen LogP contribution is -2.03. The number of benzene rings is 8. The molecule has 8 aromatic carbocycles. The van der Waals surface area contributed by atoms with Gasteiger partial charge >= 0.3 is 0 Å². The Kier molecular flexibility index (Phi) is 6.82.